The summed E-state index contributed by atoms with van der Waals surface area (Å²) in [6, 6.07) is 0. The molecule has 10 nitrogen and oxygen atoms in total. The van der Waals surface area contributed by atoms with Crippen LogP contribution in [0.25, 0.3) is 0 Å². The van der Waals surface area contributed by atoms with E-state index in [1.165, 1.54) is 0 Å². The van der Waals surface area contributed by atoms with Crippen LogP contribution in [0.1, 0.15) is 7.43 Å². The van der Waals surface area contributed by atoms with Crippen LogP contribution in [-0.4, -0.2) is 56.3 Å². The van der Waals surface area contributed by atoms with E-state index in [0.717, 1.165) is 0 Å². The second kappa shape index (κ2) is 43.5. The van der Waals surface area contributed by atoms with E-state index in [2.05, 4.69) is 37.2 Å². The van der Waals surface area contributed by atoms with Crippen molar-refractivity contribution in [2.24, 2.45) is 0 Å². The van der Waals surface area contributed by atoms with Gasteiger partial charge in [0.2, 0.25) is 0 Å². The van der Waals surface area contributed by atoms with Gasteiger partial charge in [-0.3, -0.25) is 0 Å². The van der Waals surface area contributed by atoms with Crippen LogP contribution in [0.5, 0.6) is 0 Å². The number of alkyl halides is 2. The average Bonchev–Trinajstić information content (AvgIpc) is 2.28. The maximum atomic E-state index is 10.5. The Morgan fingerprint density at radius 1 is 0.852 bits per heavy atom. The molecule has 0 rings (SSSR count). The largest absolute Gasteiger partial charge is 1.00 e. The van der Waals surface area contributed by atoms with Crippen LogP contribution < -0.4 is 93.8 Å². The third kappa shape index (κ3) is 386. The zero-order valence-corrected chi connectivity index (χ0v) is 27.3. The molecule has 0 aliphatic rings. The first kappa shape index (κ1) is 63.2. The molecule has 0 radical (unpaired) electrons. The minimum absolute atomic E-state index is 0. The Kier molecular flexibility index (Phi) is 102. The van der Waals surface area contributed by atoms with Crippen LogP contribution in [-0.2, 0) is 30.6 Å². The Morgan fingerprint density at radius 2 is 0.926 bits per heavy atom. The van der Waals surface area contributed by atoms with Crippen molar-refractivity contribution in [1.29, 1.82) is 0 Å². The number of hydrogen-bond donors (Lipinski definition) is 1. The SMILES string of the molecule is C.I.II.O=C(O)CF.O=C([O-])CF.O=S(=O)([O-])F.O=S(=O)([O-])F.[Na+].[Na+].[Na+]. The van der Waals surface area contributed by atoms with E-state index in [4.69, 9.17) is 45.7 Å². The molecule has 0 heterocycles. The molecule has 0 spiro atoms. The van der Waals surface area contributed by atoms with Gasteiger partial charge in [0.15, 0.2) is 6.67 Å². The Morgan fingerprint density at radius 3 is 0.926 bits per heavy atom. The third-order valence-electron chi connectivity index (χ3n) is 0.223. The second-order valence-electron chi connectivity index (χ2n) is 1.82. The Balaban J connectivity index is -0.0000000163. The van der Waals surface area contributed by atoms with Crippen LogP contribution in [0, 0.1) is 0 Å². The van der Waals surface area contributed by atoms with Gasteiger partial charge in [0.25, 0.3) is 21.0 Å². The molecule has 0 aromatic rings. The fraction of sp³-hybridized carbons (Fsp3) is 0.600. The number of halogens is 7. The Hall–Kier alpha value is 3.67. The first-order valence-electron chi connectivity index (χ1n) is 3.53. The van der Waals surface area contributed by atoms with Gasteiger partial charge in [0, 0.05) is 37.2 Å². The van der Waals surface area contributed by atoms with Crippen molar-refractivity contribution in [3.63, 3.8) is 0 Å². The van der Waals surface area contributed by atoms with E-state index < -0.39 is 46.3 Å². The van der Waals surface area contributed by atoms with E-state index in [-0.39, 0.29) is 120 Å². The first-order chi connectivity index (χ1) is 9.54. The van der Waals surface area contributed by atoms with Crippen LogP contribution in [0.2, 0.25) is 0 Å². The fourth-order valence-corrected chi connectivity index (χ4v) is 0. The van der Waals surface area contributed by atoms with E-state index in [9.17, 15) is 16.6 Å². The van der Waals surface area contributed by atoms with E-state index in [1.807, 2.05) is 0 Å². The van der Waals surface area contributed by atoms with Gasteiger partial charge in [0.1, 0.15) is 6.67 Å². The number of carbonyl (C=O) groups is 2. The average molecular weight is 820 g/mol. The van der Waals surface area contributed by atoms with Crippen molar-refractivity contribution in [2.75, 3.05) is 13.3 Å². The molecule has 0 unspecified atom stereocenters. The quantitative estimate of drug-likeness (QED) is 0.0921. The summed E-state index contributed by atoms with van der Waals surface area (Å²) in [4.78, 5) is 17.9. The molecule has 0 bridgehead atoms. The summed E-state index contributed by atoms with van der Waals surface area (Å²) in [7, 11) is -10.8. The molecule has 22 heteroatoms. The Bertz CT molecular complexity index is 424. The van der Waals surface area contributed by atoms with Gasteiger partial charge < -0.3 is 24.1 Å². The number of carboxylic acid groups (broad SMARTS) is 2. The number of hydrogen-bond acceptors (Lipinski definition) is 9. The van der Waals surface area contributed by atoms with Crippen molar-refractivity contribution < 1.29 is 151 Å². The molecular formula is C5H10F4I3Na3O10S2. The molecule has 1 N–H and O–H groups in total. The van der Waals surface area contributed by atoms with Crippen LogP contribution in [0.15, 0.2) is 0 Å². The zero-order valence-electron chi connectivity index (χ0n) is 13.0. The van der Waals surface area contributed by atoms with Gasteiger partial charge in [-0.1, -0.05) is 7.43 Å². The molecule has 0 aromatic carbocycles. The van der Waals surface area contributed by atoms with Crippen molar-refractivity contribution in [1.82, 2.24) is 0 Å². The first-order valence-corrected chi connectivity index (χ1v) is 12.4. The molecule has 0 saturated carbocycles. The topological polar surface area (TPSA) is 192 Å². The molecule has 27 heavy (non-hydrogen) atoms. The zero-order chi connectivity index (χ0) is 19.6. The fourth-order valence-electron chi connectivity index (χ4n) is 0. The summed E-state index contributed by atoms with van der Waals surface area (Å²) in [6.45, 7) is -2.67. The van der Waals surface area contributed by atoms with Crippen LogP contribution in [0.4, 0.5) is 16.6 Å². The monoisotopic (exact) mass is 820 g/mol. The van der Waals surface area contributed by atoms with Crippen molar-refractivity contribution in [2.45, 2.75) is 7.43 Å². The predicted molar refractivity (Wildman–Crippen MR) is 96.4 cm³/mol. The molecule has 0 saturated heterocycles. The summed E-state index contributed by atoms with van der Waals surface area (Å²) in [5, 5.41) is 16.2. The summed E-state index contributed by atoms with van der Waals surface area (Å²) >= 11 is 4.24. The molecule has 0 aliphatic heterocycles. The number of aliphatic carboxylic acids is 2. The van der Waals surface area contributed by atoms with E-state index in [0.29, 0.717) is 0 Å². The van der Waals surface area contributed by atoms with Gasteiger partial charge in [-0.15, -0.1) is 31.7 Å². The van der Waals surface area contributed by atoms with Crippen molar-refractivity contribution >= 4 is 94.2 Å². The van der Waals surface area contributed by atoms with Crippen molar-refractivity contribution in [3.8, 4) is 0 Å². The summed E-state index contributed by atoms with van der Waals surface area (Å²) in [6.07, 6.45) is 0. The molecule has 0 aliphatic carbocycles. The molecular weight excluding hydrogens is 810 g/mol. The van der Waals surface area contributed by atoms with Gasteiger partial charge in [-0.25, -0.2) is 30.4 Å². The van der Waals surface area contributed by atoms with Gasteiger partial charge in [0.05, 0.1) is 5.97 Å². The maximum Gasteiger partial charge on any atom is 1.00 e. The predicted octanol–water partition coefficient (Wildman–Crippen LogP) is -8.38. The molecule has 0 aromatic heterocycles. The molecule has 154 valence electrons. The van der Waals surface area contributed by atoms with Gasteiger partial charge in [-0.2, -0.15) is 0 Å². The van der Waals surface area contributed by atoms with Crippen molar-refractivity contribution in [3.05, 3.63) is 0 Å². The van der Waals surface area contributed by atoms with Gasteiger partial charge >= 0.3 is 94.6 Å². The van der Waals surface area contributed by atoms with Crippen LogP contribution >= 0.6 is 61.2 Å². The van der Waals surface area contributed by atoms with E-state index in [1.54, 1.807) is 0 Å². The molecule has 0 amide bonds. The van der Waals surface area contributed by atoms with E-state index >= 15 is 0 Å². The van der Waals surface area contributed by atoms with Crippen LogP contribution in [0.3, 0.4) is 0 Å². The second-order valence-corrected chi connectivity index (χ2v) is 3.39. The third-order valence-corrected chi connectivity index (χ3v) is 0.223. The number of carbonyl (C=O) groups excluding carboxylic acids is 1. The summed E-state index contributed by atoms with van der Waals surface area (Å²) < 4.78 is 91.6. The Labute approximate surface area is 261 Å². The minimum atomic E-state index is -5.42. The summed E-state index contributed by atoms with van der Waals surface area (Å²) in [5.74, 6) is -3.07. The standard InChI is InChI=1S/2C2H3FO2.CH4.2FHO3S.I2.HI.3Na/c2*3-1-2(4)5;;2*1-5(2,3)4;1-2;;;;/h2*1H2,(H,4,5);1H4;2*(H,2,3,4);;1H;;;/q;;;;;;;3*+1/p-3. The van der Waals surface area contributed by atoms with Gasteiger partial charge in [-0.05, 0) is 0 Å². The summed E-state index contributed by atoms with van der Waals surface area (Å²) in [5.41, 5.74) is 0. The normalized spacial score (nSPS) is 7.26. The number of carboxylic acids is 2. The number of rotatable bonds is 2. The molecule has 0 fully saturated rings. The molecule has 0 atom stereocenters. The minimum Gasteiger partial charge on any atom is -0.722 e. The smallest absolute Gasteiger partial charge is 0.722 e. The maximum absolute atomic E-state index is 10.5.